The maximum atomic E-state index is 13.3. The highest BCUT2D eigenvalue weighted by Crippen LogP contribution is 2.34. The molecule has 8 heteroatoms. The molecular weight excluding hydrogens is 346 g/mol. The van der Waals surface area contributed by atoms with Crippen LogP contribution in [0.3, 0.4) is 0 Å². The van der Waals surface area contributed by atoms with Crippen LogP contribution in [0.2, 0.25) is 0 Å². The van der Waals surface area contributed by atoms with Crippen LogP contribution in [0.1, 0.15) is 50.9 Å². The highest BCUT2D eigenvalue weighted by atomic mass is 32.1. The predicted molar refractivity (Wildman–Crippen MR) is 93.9 cm³/mol. The van der Waals surface area contributed by atoms with E-state index in [1.54, 1.807) is 19.9 Å². The average Bonchev–Trinajstić information content (AvgIpc) is 2.95. The number of alkyl halides is 2. The van der Waals surface area contributed by atoms with E-state index in [2.05, 4.69) is 20.3 Å². The van der Waals surface area contributed by atoms with Crippen LogP contribution < -0.4 is 5.32 Å². The van der Waals surface area contributed by atoms with E-state index in [1.165, 1.54) is 11.3 Å². The van der Waals surface area contributed by atoms with Crippen molar-refractivity contribution < 1.29 is 13.9 Å². The van der Waals surface area contributed by atoms with Crippen molar-refractivity contribution in [2.45, 2.75) is 64.0 Å². The highest BCUT2D eigenvalue weighted by molar-refractivity contribution is 7.13. The molecular formula is C17H22F2N4OS. The minimum Gasteiger partial charge on any atom is -0.384 e. The minimum absolute atomic E-state index is 0.0601. The first kappa shape index (κ1) is 18.1. The molecule has 136 valence electrons. The molecule has 0 spiro atoms. The van der Waals surface area contributed by atoms with Gasteiger partial charge in [0, 0.05) is 36.0 Å². The molecule has 0 amide bonds. The normalized spacial score (nSPS) is 18.3. The molecule has 0 radical (unpaired) electrons. The Hall–Kier alpha value is -1.67. The molecule has 25 heavy (non-hydrogen) atoms. The van der Waals surface area contributed by atoms with Gasteiger partial charge in [0.2, 0.25) is 5.92 Å². The summed E-state index contributed by atoms with van der Waals surface area (Å²) in [6, 6.07) is 1.62. The summed E-state index contributed by atoms with van der Waals surface area (Å²) >= 11 is 1.43. The fourth-order valence-corrected chi connectivity index (χ4v) is 3.51. The number of nitrogens with zero attached hydrogens (tertiary/aromatic N) is 3. The van der Waals surface area contributed by atoms with Gasteiger partial charge in [-0.2, -0.15) is 0 Å². The van der Waals surface area contributed by atoms with Crippen molar-refractivity contribution in [1.29, 1.82) is 0 Å². The van der Waals surface area contributed by atoms with Gasteiger partial charge in [-0.3, -0.25) is 0 Å². The lowest BCUT2D eigenvalue weighted by atomic mass is 9.92. The van der Waals surface area contributed by atoms with Gasteiger partial charge in [-0.25, -0.2) is 23.7 Å². The van der Waals surface area contributed by atoms with E-state index in [9.17, 15) is 13.9 Å². The van der Waals surface area contributed by atoms with Gasteiger partial charge in [0.1, 0.15) is 11.4 Å². The molecule has 2 aromatic rings. The van der Waals surface area contributed by atoms with Crippen molar-refractivity contribution in [3.05, 3.63) is 22.8 Å². The second-order valence-electron chi connectivity index (χ2n) is 7.09. The van der Waals surface area contributed by atoms with Crippen molar-refractivity contribution in [2.75, 3.05) is 5.32 Å². The Kier molecular flexibility index (Phi) is 4.76. The highest BCUT2D eigenvalue weighted by Gasteiger charge is 2.35. The van der Waals surface area contributed by atoms with Crippen molar-refractivity contribution in [3.63, 3.8) is 0 Å². The van der Waals surface area contributed by atoms with E-state index < -0.39 is 11.5 Å². The minimum atomic E-state index is -2.56. The molecule has 0 saturated heterocycles. The van der Waals surface area contributed by atoms with Gasteiger partial charge in [-0.1, -0.05) is 0 Å². The summed E-state index contributed by atoms with van der Waals surface area (Å²) in [7, 11) is 0. The Bertz CT molecular complexity index is 747. The summed E-state index contributed by atoms with van der Waals surface area (Å²) in [5.41, 5.74) is 0.204. The third kappa shape index (κ3) is 4.49. The SMILES string of the molecule is Cc1csc(-c2nc(NC3CCC(F)(F)CC3)cc(C(C)(C)O)n2)n1. The Balaban J connectivity index is 1.88. The second-order valence-corrected chi connectivity index (χ2v) is 7.95. The van der Waals surface area contributed by atoms with Crippen molar-refractivity contribution in [3.8, 4) is 10.8 Å². The van der Waals surface area contributed by atoms with Crippen molar-refractivity contribution in [2.24, 2.45) is 0 Å². The van der Waals surface area contributed by atoms with Gasteiger partial charge < -0.3 is 10.4 Å². The van der Waals surface area contributed by atoms with Gasteiger partial charge in [0.15, 0.2) is 10.8 Å². The van der Waals surface area contributed by atoms with E-state index >= 15 is 0 Å². The quantitative estimate of drug-likeness (QED) is 0.849. The number of aromatic nitrogens is 3. The lowest BCUT2D eigenvalue weighted by molar-refractivity contribution is -0.0361. The molecule has 3 rings (SSSR count). The molecule has 0 unspecified atom stereocenters. The maximum Gasteiger partial charge on any atom is 0.248 e. The molecule has 1 fully saturated rings. The lowest BCUT2D eigenvalue weighted by Gasteiger charge is -2.29. The van der Waals surface area contributed by atoms with Gasteiger partial charge >= 0.3 is 0 Å². The summed E-state index contributed by atoms with van der Waals surface area (Å²) < 4.78 is 26.7. The van der Waals surface area contributed by atoms with Crippen LogP contribution in [0.4, 0.5) is 14.6 Å². The zero-order valence-corrected chi connectivity index (χ0v) is 15.3. The summed E-state index contributed by atoms with van der Waals surface area (Å²) in [5, 5.41) is 16.1. The number of nitrogens with one attached hydrogen (secondary N) is 1. The molecule has 1 saturated carbocycles. The second kappa shape index (κ2) is 6.57. The van der Waals surface area contributed by atoms with Crippen molar-refractivity contribution >= 4 is 17.2 Å². The molecule has 2 N–H and O–H groups in total. The number of thiazole rings is 1. The van der Waals surface area contributed by atoms with Crippen LogP contribution in [0, 0.1) is 6.92 Å². The summed E-state index contributed by atoms with van der Waals surface area (Å²) in [6.45, 7) is 5.19. The van der Waals surface area contributed by atoms with Crippen molar-refractivity contribution in [1.82, 2.24) is 15.0 Å². The fourth-order valence-electron chi connectivity index (χ4n) is 2.78. The topological polar surface area (TPSA) is 70.9 Å². The smallest absolute Gasteiger partial charge is 0.248 e. The molecule has 0 aliphatic heterocycles. The Morgan fingerprint density at radius 2 is 1.92 bits per heavy atom. The van der Waals surface area contributed by atoms with E-state index in [0.717, 1.165) is 5.69 Å². The number of halogens is 2. The monoisotopic (exact) mass is 368 g/mol. The standard InChI is InChI=1S/C17H22F2N4OS/c1-10-9-25-15(20-10)14-22-12(16(2,3)24)8-13(23-14)21-11-4-6-17(18,19)7-5-11/h8-9,11,24H,4-7H2,1-3H3,(H,21,22,23). The molecule has 2 heterocycles. The molecule has 1 aliphatic rings. The summed E-state index contributed by atoms with van der Waals surface area (Å²) in [5.74, 6) is -1.60. The first-order valence-corrected chi connectivity index (χ1v) is 9.19. The van der Waals surface area contributed by atoms with Gasteiger partial charge in [-0.15, -0.1) is 11.3 Å². The molecule has 0 aromatic carbocycles. The largest absolute Gasteiger partial charge is 0.384 e. The number of hydrogen-bond acceptors (Lipinski definition) is 6. The first-order chi connectivity index (χ1) is 11.6. The van der Waals surface area contributed by atoms with Crippen LogP contribution in [-0.4, -0.2) is 32.0 Å². The Morgan fingerprint density at radius 1 is 1.24 bits per heavy atom. The van der Waals surface area contributed by atoms with Crippen LogP contribution in [0.15, 0.2) is 11.4 Å². The average molecular weight is 368 g/mol. The van der Waals surface area contributed by atoms with Gasteiger partial charge in [0.05, 0.1) is 5.69 Å². The summed E-state index contributed by atoms with van der Waals surface area (Å²) in [6.07, 6.45) is 0.542. The Labute approximate surface area is 149 Å². The third-order valence-corrected chi connectivity index (χ3v) is 5.19. The van der Waals surface area contributed by atoms with E-state index in [0.29, 0.717) is 35.2 Å². The number of aryl methyl sites for hydroxylation is 1. The zero-order valence-electron chi connectivity index (χ0n) is 14.5. The molecule has 5 nitrogen and oxygen atoms in total. The number of aliphatic hydroxyl groups is 1. The van der Waals surface area contributed by atoms with E-state index in [-0.39, 0.29) is 18.9 Å². The fraction of sp³-hybridized carbons (Fsp3) is 0.588. The van der Waals surface area contributed by atoms with Crippen LogP contribution in [-0.2, 0) is 5.60 Å². The van der Waals surface area contributed by atoms with Gasteiger partial charge in [-0.05, 0) is 33.6 Å². The molecule has 2 aromatic heterocycles. The zero-order chi connectivity index (χ0) is 18.2. The summed E-state index contributed by atoms with van der Waals surface area (Å²) in [4.78, 5) is 13.3. The molecule has 1 aliphatic carbocycles. The predicted octanol–water partition coefficient (Wildman–Crippen LogP) is 4.13. The van der Waals surface area contributed by atoms with Crippen LogP contribution in [0.25, 0.3) is 10.8 Å². The molecule has 0 atom stereocenters. The number of hydrogen-bond donors (Lipinski definition) is 2. The Morgan fingerprint density at radius 3 is 2.48 bits per heavy atom. The number of rotatable bonds is 4. The number of anilines is 1. The lowest BCUT2D eigenvalue weighted by Crippen LogP contribution is -2.32. The van der Waals surface area contributed by atoms with E-state index in [1.807, 2.05) is 12.3 Å². The van der Waals surface area contributed by atoms with Crippen LogP contribution in [0.5, 0.6) is 0 Å². The third-order valence-electron chi connectivity index (χ3n) is 4.23. The molecule has 0 bridgehead atoms. The maximum absolute atomic E-state index is 13.3. The van der Waals surface area contributed by atoms with Gasteiger partial charge in [0.25, 0.3) is 0 Å². The first-order valence-electron chi connectivity index (χ1n) is 8.31. The van der Waals surface area contributed by atoms with E-state index in [4.69, 9.17) is 0 Å². The van der Waals surface area contributed by atoms with Crippen LogP contribution >= 0.6 is 11.3 Å².